The van der Waals surface area contributed by atoms with Crippen LogP contribution in [-0.2, 0) is 0 Å². The summed E-state index contributed by atoms with van der Waals surface area (Å²) in [6.45, 7) is 1.84. The Morgan fingerprint density at radius 2 is 1.81 bits per heavy atom. The first-order valence-corrected chi connectivity index (χ1v) is 8.48. The highest BCUT2D eigenvalue weighted by atomic mass is 35.5. The Balaban J connectivity index is 1.72. The fourth-order valence-electron chi connectivity index (χ4n) is 2.42. The molecule has 1 amide bonds. The molecule has 0 saturated carbocycles. The Hall–Kier alpha value is -3.12. The van der Waals surface area contributed by atoms with Gasteiger partial charge in [-0.3, -0.25) is 4.79 Å². The van der Waals surface area contributed by atoms with Gasteiger partial charge in [-0.1, -0.05) is 11.6 Å². The number of ether oxygens (including phenoxy) is 1. The van der Waals surface area contributed by atoms with Crippen LogP contribution < -0.4 is 15.4 Å². The number of nitrogens with one attached hydrogen (secondary N) is 2. The van der Waals surface area contributed by atoms with Gasteiger partial charge in [0, 0.05) is 16.8 Å². The summed E-state index contributed by atoms with van der Waals surface area (Å²) in [5, 5.41) is 6.41. The summed E-state index contributed by atoms with van der Waals surface area (Å²) < 4.78 is 18.2. The van der Waals surface area contributed by atoms with E-state index in [1.807, 2.05) is 6.92 Å². The number of carbonyl (C=O) groups is 1. The van der Waals surface area contributed by atoms with Gasteiger partial charge in [0.1, 0.15) is 17.3 Å². The molecule has 0 fully saturated rings. The summed E-state index contributed by atoms with van der Waals surface area (Å²) in [6, 6.07) is 12.7. The summed E-state index contributed by atoms with van der Waals surface area (Å²) in [4.78, 5) is 16.6. The molecule has 138 valence electrons. The topological polar surface area (TPSA) is 63.2 Å². The molecule has 3 aromatic rings. The average molecular weight is 386 g/mol. The number of methoxy groups -OCH3 is 1. The highest BCUT2D eigenvalue weighted by molar-refractivity contribution is 6.31. The van der Waals surface area contributed by atoms with E-state index in [2.05, 4.69) is 15.6 Å². The van der Waals surface area contributed by atoms with Crippen LogP contribution in [0.15, 0.2) is 54.7 Å². The number of hydrogen-bond acceptors (Lipinski definition) is 4. The smallest absolute Gasteiger partial charge is 0.274 e. The second-order valence-electron chi connectivity index (χ2n) is 5.82. The SMILES string of the molecule is COc1cc(Cl)c(C)cc1NC(=O)c1ccc(Nc2ccc(F)cc2)cn1. The van der Waals surface area contributed by atoms with E-state index < -0.39 is 0 Å². The van der Waals surface area contributed by atoms with E-state index in [4.69, 9.17) is 16.3 Å². The summed E-state index contributed by atoms with van der Waals surface area (Å²) in [6.07, 6.45) is 1.53. The number of carbonyl (C=O) groups excluding carboxylic acids is 1. The van der Waals surface area contributed by atoms with Gasteiger partial charge in [-0.25, -0.2) is 9.37 Å². The Morgan fingerprint density at radius 3 is 2.44 bits per heavy atom. The maximum atomic E-state index is 12.9. The maximum Gasteiger partial charge on any atom is 0.274 e. The molecule has 0 unspecified atom stereocenters. The monoisotopic (exact) mass is 385 g/mol. The van der Waals surface area contributed by atoms with Gasteiger partial charge in [0.05, 0.1) is 24.7 Å². The van der Waals surface area contributed by atoms with E-state index in [9.17, 15) is 9.18 Å². The van der Waals surface area contributed by atoms with Crippen LogP contribution >= 0.6 is 11.6 Å². The van der Waals surface area contributed by atoms with Crippen molar-refractivity contribution in [2.75, 3.05) is 17.7 Å². The van der Waals surface area contributed by atoms with Crippen molar-refractivity contribution in [2.45, 2.75) is 6.92 Å². The molecular weight excluding hydrogens is 369 g/mol. The number of anilines is 3. The van der Waals surface area contributed by atoms with Crippen LogP contribution in [0.2, 0.25) is 5.02 Å². The molecule has 2 aromatic carbocycles. The molecule has 1 aromatic heterocycles. The van der Waals surface area contributed by atoms with E-state index in [-0.39, 0.29) is 17.4 Å². The van der Waals surface area contributed by atoms with Gasteiger partial charge in [-0.15, -0.1) is 0 Å². The van der Waals surface area contributed by atoms with E-state index in [1.165, 1.54) is 25.4 Å². The van der Waals surface area contributed by atoms with Crippen LogP contribution in [0.3, 0.4) is 0 Å². The fraction of sp³-hybridized carbons (Fsp3) is 0.100. The van der Waals surface area contributed by atoms with Gasteiger partial charge in [-0.2, -0.15) is 0 Å². The third kappa shape index (κ3) is 4.54. The zero-order valence-electron chi connectivity index (χ0n) is 14.7. The van der Waals surface area contributed by atoms with Gasteiger partial charge < -0.3 is 15.4 Å². The lowest BCUT2D eigenvalue weighted by Gasteiger charge is -2.12. The van der Waals surface area contributed by atoms with Crippen molar-refractivity contribution >= 4 is 34.6 Å². The Bertz CT molecular complexity index is 960. The van der Waals surface area contributed by atoms with E-state index in [0.29, 0.717) is 22.1 Å². The Morgan fingerprint density at radius 1 is 1.11 bits per heavy atom. The number of aromatic nitrogens is 1. The molecule has 27 heavy (non-hydrogen) atoms. The molecule has 1 heterocycles. The Labute approximate surface area is 161 Å². The average Bonchev–Trinajstić information content (AvgIpc) is 2.67. The highest BCUT2D eigenvalue weighted by Gasteiger charge is 2.13. The molecule has 5 nitrogen and oxygen atoms in total. The molecular formula is C20H17ClFN3O2. The van der Waals surface area contributed by atoms with Gasteiger partial charge >= 0.3 is 0 Å². The molecule has 0 radical (unpaired) electrons. The normalized spacial score (nSPS) is 10.4. The van der Waals surface area contributed by atoms with Crippen LogP contribution in [0.25, 0.3) is 0 Å². The molecule has 0 saturated heterocycles. The molecule has 7 heteroatoms. The zero-order valence-corrected chi connectivity index (χ0v) is 15.5. The fourth-order valence-corrected chi connectivity index (χ4v) is 2.57. The molecule has 0 spiro atoms. The number of nitrogens with zero attached hydrogens (tertiary/aromatic N) is 1. The summed E-state index contributed by atoms with van der Waals surface area (Å²) in [7, 11) is 1.50. The summed E-state index contributed by atoms with van der Waals surface area (Å²) >= 11 is 6.08. The second-order valence-corrected chi connectivity index (χ2v) is 6.23. The number of aryl methyl sites for hydroxylation is 1. The zero-order chi connectivity index (χ0) is 19.4. The highest BCUT2D eigenvalue weighted by Crippen LogP contribution is 2.31. The largest absolute Gasteiger partial charge is 0.495 e. The molecule has 3 rings (SSSR count). The van der Waals surface area contributed by atoms with Crippen molar-refractivity contribution < 1.29 is 13.9 Å². The van der Waals surface area contributed by atoms with Gasteiger partial charge in [0.15, 0.2) is 0 Å². The third-order valence-electron chi connectivity index (χ3n) is 3.86. The quantitative estimate of drug-likeness (QED) is 0.634. The summed E-state index contributed by atoms with van der Waals surface area (Å²) in [5.74, 6) is -0.213. The van der Waals surface area contributed by atoms with Crippen LogP contribution in [0.5, 0.6) is 5.75 Å². The van der Waals surface area contributed by atoms with Crippen LogP contribution in [0.4, 0.5) is 21.5 Å². The van der Waals surface area contributed by atoms with Crippen LogP contribution in [-0.4, -0.2) is 18.0 Å². The first-order valence-electron chi connectivity index (χ1n) is 8.10. The number of rotatable bonds is 5. The van der Waals surface area contributed by atoms with Crippen molar-refractivity contribution in [3.63, 3.8) is 0 Å². The number of benzene rings is 2. The Kier molecular flexibility index (Phi) is 5.57. The lowest BCUT2D eigenvalue weighted by Crippen LogP contribution is -2.14. The molecule has 0 aliphatic rings. The van der Waals surface area contributed by atoms with E-state index in [1.54, 1.807) is 36.4 Å². The number of halogens is 2. The van der Waals surface area contributed by atoms with Crippen LogP contribution in [0, 0.1) is 12.7 Å². The first kappa shape index (κ1) is 18.7. The first-order chi connectivity index (χ1) is 13.0. The van der Waals surface area contributed by atoms with E-state index >= 15 is 0 Å². The summed E-state index contributed by atoms with van der Waals surface area (Å²) in [5.41, 5.74) is 2.98. The minimum absolute atomic E-state index is 0.245. The van der Waals surface area contributed by atoms with Crippen molar-refractivity contribution in [1.29, 1.82) is 0 Å². The molecule has 0 bridgehead atoms. The van der Waals surface area contributed by atoms with E-state index in [0.717, 1.165) is 11.3 Å². The second kappa shape index (κ2) is 8.05. The van der Waals surface area contributed by atoms with Crippen molar-refractivity contribution in [3.8, 4) is 5.75 Å². The molecule has 2 N–H and O–H groups in total. The van der Waals surface area contributed by atoms with Gasteiger partial charge in [0.2, 0.25) is 0 Å². The third-order valence-corrected chi connectivity index (χ3v) is 4.27. The minimum Gasteiger partial charge on any atom is -0.495 e. The molecule has 0 aliphatic heterocycles. The predicted molar refractivity (Wildman–Crippen MR) is 105 cm³/mol. The number of pyridine rings is 1. The standard InChI is InChI=1S/C20H17ClFN3O2/c1-12-9-18(19(27-2)10-16(12)21)25-20(26)17-8-7-15(11-23-17)24-14-5-3-13(22)4-6-14/h3-11,24H,1-2H3,(H,25,26). The maximum absolute atomic E-state index is 12.9. The van der Waals surface area contributed by atoms with Crippen molar-refractivity contribution in [1.82, 2.24) is 4.98 Å². The van der Waals surface area contributed by atoms with Gasteiger partial charge in [0.25, 0.3) is 5.91 Å². The van der Waals surface area contributed by atoms with Gasteiger partial charge in [-0.05, 0) is 55.0 Å². The number of amides is 1. The lowest BCUT2D eigenvalue weighted by molar-refractivity contribution is 0.102. The van der Waals surface area contributed by atoms with Crippen LogP contribution in [0.1, 0.15) is 16.1 Å². The predicted octanol–water partition coefficient (Wildman–Crippen LogP) is 5.19. The lowest BCUT2D eigenvalue weighted by atomic mass is 10.2. The van der Waals surface area contributed by atoms with Crippen molar-refractivity contribution in [3.05, 3.63) is 76.8 Å². The minimum atomic E-state index is -0.372. The molecule has 0 atom stereocenters. The molecule has 0 aliphatic carbocycles. The number of hydrogen-bond donors (Lipinski definition) is 2. The van der Waals surface area contributed by atoms with Crippen molar-refractivity contribution in [2.24, 2.45) is 0 Å².